The van der Waals surface area contributed by atoms with Gasteiger partial charge in [0.25, 0.3) is 0 Å². The summed E-state index contributed by atoms with van der Waals surface area (Å²) in [5, 5.41) is 19.7. The van der Waals surface area contributed by atoms with E-state index in [1.807, 2.05) is 19.2 Å². The van der Waals surface area contributed by atoms with Crippen molar-refractivity contribution in [3.05, 3.63) is 35.9 Å². The Morgan fingerprint density at radius 3 is 2.87 bits per heavy atom. The number of hydrazone groups is 1. The zero-order valence-electron chi connectivity index (χ0n) is 14.3. The summed E-state index contributed by atoms with van der Waals surface area (Å²) in [5.74, 6) is 0.397. The van der Waals surface area contributed by atoms with Gasteiger partial charge in [-0.2, -0.15) is 5.10 Å². The van der Waals surface area contributed by atoms with Gasteiger partial charge in [-0.05, 0) is 32.4 Å². The lowest BCUT2D eigenvalue weighted by molar-refractivity contribution is 0.231. The van der Waals surface area contributed by atoms with Gasteiger partial charge < -0.3 is 10.4 Å². The SMILES string of the molecule is C=C/C(Cl)=C\C=C\C1C(C)C(CCNC)=NN1CCCCCO. The molecule has 0 saturated carbocycles. The maximum absolute atomic E-state index is 8.90. The molecular weight excluding hydrogens is 310 g/mol. The lowest BCUT2D eigenvalue weighted by Crippen LogP contribution is -2.31. The van der Waals surface area contributed by atoms with Crippen molar-refractivity contribution in [3.8, 4) is 0 Å². The molecule has 0 amide bonds. The standard InChI is InChI=1S/C18H30ClN3O/c1-4-16(19)9-8-10-18-15(2)17(11-12-20-3)21-22(18)13-6-5-7-14-23/h4,8-10,15,18,20,23H,1,5-7,11-14H2,2-3H3/b10-8+,16-9+. The molecule has 0 fully saturated rings. The van der Waals surface area contributed by atoms with Crippen molar-refractivity contribution in [2.24, 2.45) is 11.0 Å². The molecule has 0 aromatic heterocycles. The van der Waals surface area contributed by atoms with Crippen molar-refractivity contribution in [3.63, 3.8) is 0 Å². The Hall–Kier alpha value is -1.10. The molecule has 0 saturated heterocycles. The average Bonchev–Trinajstić information content (AvgIpc) is 2.85. The van der Waals surface area contributed by atoms with E-state index in [0.717, 1.165) is 38.8 Å². The molecule has 2 unspecified atom stereocenters. The molecule has 2 atom stereocenters. The smallest absolute Gasteiger partial charge is 0.0732 e. The Bertz CT molecular complexity index is 446. The van der Waals surface area contributed by atoms with Gasteiger partial charge >= 0.3 is 0 Å². The van der Waals surface area contributed by atoms with E-state index in [1.54, 1.807) is 6.08 Å². The van der Waals surface area contributed by atoms with Crippen LogP contribution in [0.1, 0.15) is 32.6 Å². The quantitative estimate of drug-likeness (QED) is 0.448. The number of unbranched alkanes of at least 4 members (excludes halogenated alkanes) is 2. The summed E-state index contributed by atoms with van der Waals surface area (Å²) in [4.78, 5) is 0. The highest BCUT2D eigenvalue weighted by atomic mass is 35.5. The number of halogens is 1. The molecule has 5 heteroatoms. The molecule has 2 N–H and O–H groups in total. The van der Waals surface area contributed by atoms with Crippen LogP contribution in [0.3, 0.4) is 0 Å². The van der Waals surface area contributed by atoms with Crippen LogP contribution in [0.5, 0.6) is 0 Å². The minimum absolute atomic E-state index is 0.265. The van der Waals surface area contributed by atoms with Crippen LogP contribution in [0.25, 0.3) is 0 Å². The molecule has 0 aromatic carbocycles. The van der Waals surface area contributed by atoms with Crippen LogP contribution < -0.4 is 5.32 Å². The van der Waals surface area contributed by atoms with Crippen molar-refractivity contribution in [1.29, 1.82) is 0 Å². The fourth-order valence-corrected chi connectivity index (χ4v) is 2.74. The number of hydrogen-bond donors (Lipinski definition) is 2. The monoisotopic (exact) mass is 339 g/mol. The topological polar surface area (TPSA) is 47.9 Å². The van der Waals surface area contributed by atoms with E-state index < -0.39 is 0 Å². The molecule has 23 heavy (non-hydrogen) atoms. The molecule has 1 heterocycles. The summed E-state index contributed by atoms with van der Waals surface area (Å²) < 4.78 is 0. The number of aliphatic hydroxyl groups is 1. The first-order valence-corrected chi connectivity index (χ1v) is 8.77. The summed E-state index contributed by atoms with van der Waals surface area (Å²) in [7, 11) is 1.96. The highest BCUT2D eigenvalue weighted by Crippen LogP contribution is 2.25. The molecule has 1 aliphatic heterocycles. The Kier molecular flexibility index (Phi) is 9.92. The number of nitrogens with zero attached hydrogens (tertiary/aromatic N) is 2. The predicted octanol–water partition coefficient (Wildman–Crippen LogP) is 3.30. The molecule has 0 bridgehead atoms. The zero-order chi connectivity index (χ0) is 17.1. The summed E-state index contributed by atoms with van der Waals surface area (Å²) >= 11 is 5.96. The first kappa shape index (κ1) is 19.9. The minimum Gasteiger partial charge on any atom is -0.396 e. The summed E-state index contributed by atoms with van der Waals surface area (Å²) in [5.41, 5.74) is 1.25. The van der Waals surface area contributed by atoms with Gasteiger partial charge in [-0.1, -0.05) is 43.3 Å². The Balaban J connectivity index is 2.71. The van der Waals surface area contributed by atoms with Gasteiger partial charge in [-0.15, -0.1) is 0 Å². The normalized spacial score (nSPS) is 22.0. The van der Waals surface area contributed by atoms with E-state index in [0.29, 0.717) is 11.0 Å². The first-order valence-electron chi connectivity index (χ1n) is 8.40. The molecule has 0 aromatic rings. The Labute approximate surface area is 145 Å². The van der Waals surface area contributed by atoms with Crippen LogP contribution in [-0.4, -0.2) is 48.6 Å². The second kappa shape index (κ2) is 11.4. The van der Waals surface area contributed by atoms with Gasteiger partial charge in [0.15, 0.2) is 0 Å². The highest BCUT2D eigenvalue weighted by Gasteiger charge is 2.31. The summed E-state index contributed by atoms with van der Waals surface area (Å²) in [6.45, 7) is 8.01. The van der Waals surface area contributed by atoms with Crippen molar-refractivity contribution in [2.75, 3.05) is 26.7 Å². The lowest BCUT2D eigenvalue weighted by Gasteiger charge is -2.23. The van der Waals surface area contributed by atoms with Crippen molar-refractivity contribution < 1.29 is 5.11 Å². The maximum atomic E-state index is 8.90. The molecule has 0 radical (unpaired) electrons. The average molecular weight is 340 g/mol. The molecule has 1 rings (SSSR count). The minimum atomic E-state index is 0.265. The van der Waals surface area contributed by atoms with Crippen LogP contribution in [-0.2, 0) is 0 Å². The highest BCUT2D eigenvalue weighted by molar-refractivity contribution is 6.31. The van der Waals surface area contributed by atoms with Crippen LogP contribution in [0, 0.1) is 5.92 Å². The number of hydrogen-bond acceptors (Lipinski definition) is 4. The number of allylic oxidation sites excluding steroid dienone is 4. The van der Waals surface area contributed by atoms with Gasteiger partial charge in [0.05, 0.1) is 6.04 Å². The Morgan fingerprint density at radius 2 is 2.22 bits per heavy atom. The molecule has 4 nitrogen and oxygen atoms in total. The van der Waals surface area contributed by atoms with Gasteiger partial charge in [0, 0.05) is 42.8 Å². The number of aliphatic hydroxyl groups excluding tert-OH is 1. The molecule has 0 aliphatic carbocycles. The number of nitrogens with one attached hydrogen (secondary N) is 1. The fourth-order valence-electron chi connectivity index (χ4n) is 2.67. The van der Waals surface area contributed by atoms with Crippen LogP contribution in [0.15, 0.2) is 41.0 Å². The largest absolute Gasteiger partial charge is 0.396 e. The Morgan fingerprint density at radius 1 is 1.43 bits per heavy atom. The van der Waals surface area contributed by atoms with E-state index in [9.17, 15) is 0 Å². The molecule has 0 spiro atoms. The lowest BCUT2D eigenvalue weighted by atomic mass is 9.95. The summed E-state index contributed by atoms with van der Waals surface area (Å²) in [6, 6.07) is 0.265. The van der Waals surface area contributed by atoms with Crippen LogP contribution in [0.2, 0.25) is 0 Å². The van der Waals surface area contributed by atoms with Gasteiger partial charge in [0.2, 0.25) is 0 Å². The van der Waals surface area contributed by atoms with Crippen molar-refractivity contribution in [1.82, 2.24) is 10.3 Å². The van der Waals surface area contributed by atoms with Gasteiger partial charge in [0.1, 0.15) is 0 Å². The maximum Gasteiger partial charge on any atom is 0.0732 e. The van der Waals surface area contributed by atoms with Crippen molar-refractivity contribution in [2.45, 2.75) is 38.6 Å². The van der Waals surface area contributed by atoms with E-state index in [2.05, 4.69) is 29.9 Å². The van der Waals surface area contributed by atoms with Crippen LogP contribution >= 0.6 is 11.6 Å². The van der Waals surface area contributed by atoms with E-state index in [1.165, 1.54) is 5.71 Å². The second-order valence-electron chi connectivity index (χ2n) is 5.81. The second-order valence-corrected chi connectivity index (χ2v) is 6.25. The van der Waals surface area contributed by atoms with E-state index >= 15 is 0 Å². The third-order valence-corrected chi connectivity index (χ3v) is 4.35. The van der Waals surface area contributed by atoms with Crippen molar-refractivity contribution >= 4 is 17.3 Å². The predicted molar refractivity (Wildman–Crippen MR) is 99.8 cm³/mol. The van der Waals surface area contributed by atoms with Gasteiger partial charge in [-0.25, -0.2) is 0 Å². The molecule has 130 valence electrons. The molecule has 1 aliphatic rings. The third-order valence-electron chi connectivity index (χ3n) is 4.07. The van der Waals surface area contributed by atoms with E-state index in [-0.39, 0.29) is 12.6 Å². The van der Waals surface area contributed by atoms with Gasteiger partial charge in [-0.3, -0.25) is 5.01 Å². The van der Waals surface area contributed by atoms with E-state index in [4.69, 9.17) is 21.8 Å². The third kappa shape index (κ3) is 6.90. The first-order chi connectivity index (χ1) is 11.1. The molecular formula is C18H30ClN3O. The fraction of sp³-hybridized carbons (Fsp3) is 0.611. The summed E-state index contributed by atoms with van der Waals surface area (Å²) in [6.07, 6.45) is 11.5. The zero-order valence-corrected chi connectivity index (χ0v) is 15.1. The van der Waals surface area contributed by atoms with Crippen LogP contribution in [0.4, 0.5) is 0 Å². The number of rotatable bonds is 11.